The summed E-state index contributed by atoms with van der Waals surface area (Å²) in [7, 11) is -4.10. The lowest BCUT2D eigenvalue weighted by molar-refractivity contribution is -0.384. The van der Waals surface area contributed by atoms with Gasteiger partial charge in [-0.1, -0.05) is 41.4 Å². The number of carbonyl (C=O) groups excluding carboxylic acids is 1. The molecule has 0 saturated heterocycles. The van der Waals surface area contributed by atoms with E-state index in [2.05, 4.69) is 6.58 Å². The number of aliphatic carboxylic acids is 2. The molecule has 1 amide bonds. The summed E-state index contributed by atoms with van der Waals surface area (Å²) >= 11 is 27.3. The summed E-state index contributed by atoms with van der Waals surface area (Å²) in [5.41, 5.74) is -1.20. The number of alkyl halides is 2. The Morgan fingerprint density at radius 1 is 1.02 bits per heavy atom. The number of halogens is 5. The fourth-order valence-electron chi connectivity index (χ4n) is 2.25. The van der Waals surface area contributed by atoms with Crippen molar-refractivity contribution in [3.05, 3.63) is 79.4 Å². The number of nitro benzene ring substituents is 1. The third kappa shape index (κ3) is 14.3. The molecule has 0 heterocycles. The monoisotopic (exact) mass is 710 g/mol. The lowest BCUT2D eigenvalue weighted by atomic mass is 10.2. The number of nitrogens with zero attached hydrogens (tertiary/aromatic N) is 1. The molecule has 42 heavy (non-hydrogen) atoms. The minimum Gasteiger partial charge on any atom is -0.481 e. The zero-order valence-corrected chi connectivity index (χ0v) is 25.5. The smallest absolute Gasteiger partial charge is 0.356 e. The van der Waals surface area contributed by atoms with Gasteiger partial charge in [0.25, 0.3) is 5.69 Å². The van der Waals surface area contributed by atoms with Crippen LogP contribution >= 0.6 is 65.6 Å². The summed E-state index contributed by atoms with van der Waals surface area (Å²) in [5, 5.41) is 37.4. The maximum Gasteiger partial charge on any atom is 0.356 e. The molecule has 0 aromatic heterocycles. The molecule has 0 spiro atoms. The van der Waals surface area contributed by atoms with Crippen LogP contribution in [0.15, 0.2) is 48.7 Å². The molecule has 1 saturated carbocycles. The maximum absolute atomic E-state index is 10.6. The Kier molecular flexibility index (Phi) is 15.5. The molecule has 1 aliphatic rings. The molecule has 20 heteroatoms. The highest BCUT2D eigenvalue weighted by Crippen LogP contribution is 2.53. The average Bonchev–Trinajstić information content (AvgIpc) is 3.49. The van der Waals surface area contributed by atoms with E-state index in [9.17, 15) is 33.9 Å². The lowest BCUT2D eigenvalue weighted by Gasteiger charge is -2.01. The topological polar surface area (TPSA) is 242 Å². The van der Waals surface area contributed by atoms with Crippen molar-refractivity contribution in [2.45, 2.75) is 17.7 Å². The predicted molar refractivity (Wildman–Crippen MR) is 154 cm³/mol. The molecule has 0 bridgehead atoms. The van der Waals surface area contributed by atoms with Gasteiger partial charge in [-0.05, 0) is 36.8 Å². The summed E-state index contributed by atoms with van der Waals surface area (Å²) < 4.78 is 9.63. The van der Waals surface area contributed by atoms with Gasteiger partial charge >= 0.3 is 25.5 Å². The molecule has 6 N–H and O–H groups in total. The van der Waals surface area contributed by atoms with Gasteiger partial charge in [0.1, 0.15) is 15.1 Å². The van der Waals surface area contributed by atoms with E-state index in [0.29, 0.717) is 11.4 Å². The summed E-state index contributed by atoms with van der Waals surface area (Å²) in [6.07, 6.45) is 0.380. The molecule has 230 valence electrons. The molecule has 0 radical (unpaired) electrons. The van der Waals surface area contributed by atoms with E-state index in [-0.39, 0.29) is 21.6 Å². The first kappa shape index (κ1) is 39.1. The summed E-state index contributed by atoms with van der Waals surface area (Å²) in [6, 6.07) is 7.55. The first-order valence-electron chi connectivity index (χ1n) is 10.5. The van der Waals surface area contributed by atoms with Crippen LogP contribution in [-0.2, 0) is 18.9 Å². The molecule has 1 unspecified atom stereocenters. The fourth-order valence-corrected chi connectivity index (χ4v) is 3.88. The number of carboxylic acid groups (broad SMARTS) is 3. The summed E-state index contributed by atoms with van der Waals surface area (Å²) in [4.78, 5) is 67.6. The molecule has 2 aromatic rings. The van der Waals surface area contributed by atoms with E-state index in [1.807, 2.05) is 5.32 Å². The van der Waals surface area contributed by atoms with E-state index >= 15 is 0 Å². The van der Waals surface area contributed by atoms with Crippen LogP contribution in [0.5, 0.6) is 0 Å². The Morgan fingerprint density at radius 2 is 1.50 bits per heavy atom. The SMILES string of the molecule is C=C(NC(C)=O)C(=O)O.O=C(O)C1CC1(Cl)Cl.O=C(O)c1cc(Cl)cc([N+](=O)[O-])c1Cl.O=P(O)(O)c1ccc(Cl)cc1. The minimum absolute atomic E-state index is 0.0121. The number of aromatic carboxylic acids is 1. The third-order valence-electron chi connectivity index (χ3n) is 4.32. The molecule has 14 nitrogen and oxygen atoms in total. The van der Waals surface area contributed by atoms with Crippen molar-refractivity contribution in [3.8, 4) is 0 Å². The second kappa shape index (κ2) is 16.6. The van der Waals surface area contributed by atoms with Gasteiger partial charge in [0.15, 0.2) is 0 Å². The van der Waals surface area contributed by atoms with E-state index in [1.165, 1.54) is 31.2 Å². The van der Waals surface area contributed by atoms with Crippen molar-refractivity contribution in [2.75, 3.05) is 0 Å². The molecule has 0 aliphatic heterocycles. The zero-order chi connectivity index (χ0) is 33.2. The summed E-state index contributed by atoms with van der Waals surface area (Å²) in [6.45, 7) is 4.28. The Hall–Kier alpha value is -2.94. The van der Waals surface area contributed by atoms with Gasteiger partial charge in [-0.15, -0.1) is 23.2 Å². The Labute approximate surface area is 261 Å². The van der Waals surface area contributed by atoms with Gasteiger partial charge < -0.3 is 30.4 Å². The average molecular weight is 713 g/mol. The standard InChI is InChI=1S/C7H3Cl2NO4.C6H6ClO3P.C5H7NO3.C4H4Cl2O2/c8-3-1-4(7(11)12)6(9)5(2-3)10(13)14;7-5-1-3-6(4-2-5)11(8,9)10;1-3(5(8)9)6-4(2)7;5-4(6)1-2(4)3(7)8/h1-2H,(H,11,12);1-4H,(H2,8,9,10);1H2,2H3,(H,6,7)(H,8,9);2H,1H2,(H,7,8). The number of hydrogen-bond donors (Lipinski definition) is 6. The van der Waals surface area contributed by atoms with Crippen molar-refractivity contribution in [2.24, 2.45) is 5.92 Å². The van der Waals surface area contributed by atoms with Gasteiger partial charge in [0.05, 0.1) is 21.7 Å². The maximum atomic E-state index is 10.6. The van der Waals surface area contributed by atoms with Crippen LogP contribution in [0.25, 0.3) is 0 Å². The van der Waals surface area contributed by atoms with Crippen molar-refractivity contribution in [1.29, 1.82) is 0 Å². The van der Waals surface area contributed by atoms with Crippen LogP contribution in [0, 0.1) is 16.0 Å². The number of nitrogens with one attached hydrogen (secondary N) is 1. The third-order valence-corrected chi connectivity index (χ3v) is 6.99. The predicted octanol–water partition coefficient (Wildman–Crippen LogP) is 4.73. The van der Waals surface area contributed by atoms with Crippen LogP contribution in [0.1, 0.15) is 23.7 Å². The lowest BCUT2D eigenvalue weighted by Crippen LogP contribution is -2.23. The van der Waals surface area contributed by atoms with Crippen LogP contribution in [0.4, 0.5) is 5.69 Å². The highest BCUT2D eigenvalue weighted by molar-refractivity contribution is 7.60. The molecule has 3 rings (SSSR count). The number of carbonyl (C=O) groups is 4. The first-order chi connectivity index (χ1) is 19.0. The van der Waals surface area contributed by atoms with Gasteiger partial charge in [0.2, 0.25) is 5.91 Å². The van der Waals surface area contributed by atoms with E-state index in [1.54, 1.807) is 0 Å². The highest BCUT2D eigenvalue weighted by Gasteiger charge is 2.56. The number of rotatable bonds is 6. The quantitative estimate of drug-likeness (QED) is 0.0783. The molecule has 2 aromatic carbocycles. The van der Waals surface area contributed by atoms with E-state index in [0.717, 1.165) is 12.1 Å². The molecule has 1 atom stereocenters. The number of nitro groups is 1. The Bertz CT molecular complexity index is 1380. The van der Waals surface area contributed by atoms with Gasteiger partial charge in [-0.25, -0.2) is 9.59 Å². The van der Waals surface area contributed by atoms with E-state index < -0.39 is 57.3 Å². The zero-order valence-electron chi connectivity index (χ0n) is 20.8. The molecule has 1 aliphatic carbocycles. The Morgan fingerprint density at radius 3 is 1.76 bits per heavy atom. The van der Waals surface area contributed by atoms with Crippen LogP contribution in [0.2, 0.25) is 15.1 Å². The van der Waals surface area contributed by atoms with Crippen LogP contribution in [-0.4, -0.2) is 58.2 Å². The first-order valence-corrected chi connectivity index (χ1v) is 14.0. The molecule has 1 fully saturated rings. The number of hydrogen-bond acceptors (Lipinski definition) is 7. The van der Waals surface area contributed by atoms with Crippen molar-refractivity contribution < 1.29 is 53.8 Å². The fraction of sp³-hybridized carbons (Fsp3) is 0.182. The number of carboxylic acids is 3. The van der Waals surface area contributed by atoms with E-state index in [4.69, 9.17) is 83.1 Å². The van der Waals surface area contributed by atoms with Crippen molar-refractivity contribution >= 4 is 100 Å². The Balaban J connectivity index is 0.000000546. The second-order valence-electron chi connectivity index (χ2n) is 7.69. The van der Waals surface area contributed by atoms with Gasteiger partial charge in [-0.2, -0.15) is 0 Å². The minimum atomic E-state index is -4.10. The number of benzene rings is 2. The second-order valence-corrected chi connectivity index (χ2v) is 12.1. The van der Waals surface area contributed by atoms with Crippen LogP contribution in [0.3, 0.4) is 0 Å². The van der Waals surface area contributed by atoms with Gasteiger partial charge in [0, 0.05) is 23.0 Å². The van der Waals surface area contributed by atoms with Crippen molar-refractivity contribution in [1.82, 2.24) is 5.32 Å². The normalized spacial score (nSPS) is 14.1. The largest absolute Gasteiger partial charge is 0.481 e. The highest BCUT2D eigenvalue weighted by atomic mass is 35.5. The molecular weight excluding hydrogens is 692 g/mol. The molecular formula is C22H20Cl5N2O12P. The number of amides is 1. The van der Waals surface area contributed by atoms with Gasteiger partial charge in [-0.3, -0.25) is 24.3 Å². The van der Waals surface area contributed by atoms with Crippen molar-refractivity contribution in [3.63, 3.8) is 0 Å². The van der Waals surface area contributed by atoms with Crippen LogP contribution < -0.4 is 10.6 Å². The summed E-state index contributed by atoms with van der Waals surface area (Å²) in [5.74, 6) is -4.45.